The second kappa shape index (κ2) is 8.40. The maximum absolute atomic E-state index is 15.6. The van der Waals surface area contributed by atoms with Gasteiger partial charge in [-0.25, -0.2) is 22.3 Å². The van der Waals surface area contributed by atoms with E-state index in [0.717, 1.165) is 24.7 Å². The molecule has 1 aliphatic heterocycles. The zero-order valence-electron chi connectivity index (χ0n) is 19.5. The summed E-state index contributed by atoms with van der Waals surface area (Å²) in [5, 5.41) is 0. The Bertz CT molecular complexity index is 1140. The molecule has 2 aliphatic rings. The highest BCUT2D eigenvalue weighted by Crippen LogP contribution is 2.55. The molecular weight excluding hydrogens is 443 g/mol. The van der Waals surface area contributed by atoms with Crippen LogP contribution in [0, 0.1) is 11.2 Å². The molecule has 1 spiro atoms. The maximum Gasteiger partial charge on any atom is 0.410 e. The van der Waals surface area contributed by atoms with Gasteiger partial charge in [-0.15, -0.1) is 0 Å². The summed E-state index contributed by atoms with van der Waals surface area (Å²) in [5.74, 6) is -0.359. The number of likely N-dealkylation sites (tertiary alicyclic amines) is 1. The van der Waals surface area contributed by atoms with Gasteiger partial charge in [-0.1, -0.05) is 48.5 Å². The summed E-state index contributed by atoms with van der Waals surface area (Å²) in [4.78, 5) is 14.7. The molecule has 0 unspecified atom stereocenters. The Labute approximate surface area is 195 Å². The fourth-order valence-electron chi connectivity index (χ4n) is 4.76. The molecule has 2 atom stereocenters. The van der Waals surface area contributed by atoms with Crippen molar-refractivity contribution in [3.8, 4) is 11.1 Å². The molecule has 2 aromatic rings. The predicted octanol–water partition coefficient (Wildman–Crippen LogP) is 4.35. The van der Waals surface area contributed by atoms with Crippen molar-refractivity contribution in [1.82, 2.24) is 9.62 Å². The van der Waals surface area contributed by atoms with E-state index in [1.807, 2.05) is 30.3 Å². The van der Waals surface area contributed by atoms with Crippen LogP contribution in [-0.2, 0) is 21.2 Å². The van der Waals surface area contributed by atoms with Gasteiger partial charge in [0.05, 0.1) is 12.3 Å². The number of benzene rings is 2. The number of carbonyl (C=O) groups excluding carboxylic acids is 1. The Morgan fingerprint density at radius 1 is 1.15 bits per heavy atom. The van der Waals surface area contributed by atoms with Crippen LogP contribution in [0.25, 0.3) is 11.1 Å². The van der Waals surface area contributed by atoms with Gasteiger partial charge in [-0.05, 0) is 51.2 Å². The van der Waals surface area contributed by atoms with Crippen molar-refractivity contribution in [2.24, 2.45) is 5.41 Å². The van der Waals surface area contributed by atoms with Crippen molar-refractivity contribution in [2.45, 2.75) is 57.7 Å². The first kappa shape index (κ1) is 23.7. The molecule has 6 nitrogen and oxygen atoms in total. The van der Waals surface area contributed by atoms with E-state index in [-0.39, 0.29) is 17.7 Å². The molecule has 0 radical (unpaired) electrons. The van der Waals surface area contributed by atoms with Crippen molar-refractivity contribution in [2.75, 3.05) is 12.8 Å². The van der Waals surface area contributed by atoms with Crippen LogP contribution in [0.1, 0.15) is 39.2 Å². The summed E-state index contributed by atoms with van der Waals surface area (Å²) < 4.78 is 48.4. The summed E-state index contributed by atoms with van der Waals surface area (Å²) in [6, 6.07) is 13.4. The monoisotopic (exact) mass is 474 g/mol. The molecule has 1 amide bonds. The van der Waals surface area contributed by atoms with E-state index in [0.29, 0.717) is 17.7 Å². The van der Waals surface area contributed by atoms with Crippen LogP contribution in [0.2, 0.25) is 0 Å². The molecule has 0 bridgehead atoms. The number of nitrogens with zero attached hydrogens (tertiary/aromatic N) is 1. The van der Waals surface area contributed by atoms with Gasteiger partial charge >= 0.3 is 6.09 Å². The number of halogens is 1. The molecule has 1 N–H and O–H groups in total. The largest absolute Gasteiger partial charge is 0.444 e. The molecule has 8 heteroatoms. The van der Waals surface area contributed by atoms with E-state index in [9.17, 15) is 13.2 Å². The predicted molar refractivity (Wildman–Crippen MR) is 126 cm³/mol. The lowest BCUT2D eigenvalue weighted by Gasteiger charge is -2.31. The van der Waals surface area contributed by atoms with Crippen LogP contribution in [0.15, 0.2) is 48.5 Å². The fourth-order valence-corrected chi connectivity index (χ4v) is 5.63. The number of carbonyl (C=O) groups is 1. The van der Waals surface area contributed by atoms with Crippen molar-refractivity contribution in [3.05, 3.63) is 59.9 Å². The van der Waals surface area contributed by atoms with Gasteiger partial charge in [0.15, 0.2) is 0 Å². The van der Waals surface area contributed by atoms with Crippen molar-refractivity contribution < 1.29 is 22.3 Å². The highest BCUT2D eigenvalue weighted by atomic mass is 32.2. The molecule has 1 aliphatic carbocycles. The second-order valence-electron chi connectivity index (χ2n) is 10.3. The molecule has 1 saturated carbocycles. The van der Waals surface area contributed by atoms with Gasteiger partial charge in [-0.3, -0.25) is 0 Å². The van der Waals surface area contributed by atoms with Crippen molar-refractivity contribution in [3.63, 3.8) is 0 Å². The minimum atomic E-state index is -3.53. The molecule has 2 fully saturated rings. The number of sulfonamides is 1. The topological polar surface area (TPSA) is 75.7 Å². The normalized spacial score (nSPS) is 21.9. The lowest BCUT2D eigenvalue weighted by molar-refractivity contribution is 0.0213. The zero-order chi connectivity index (χ0) is 24.0. The van der Waals surface area contributed by atoms with Gasteiger partial charge in [0, 0.05) is 23.6 Å². The first-order chi connectivity index (χ1) is 15.4. The van der Waals surface area contributed by atoms with Crippen LogP contribution in [-0.4, -0.2) is 49.9 Å². The minimum Gasteiger partial charge on any atom is -0.444 e. The van der Waals surface area contributed by atoms with Gasteiger partial charge < -0.3 is 9.64 Å². The first-order valence-electron chi connectivity index (χ1n) is 11.2. The number of hydrogen-bond acceptors (Lipinski definition) is 4. The van der Waals surface area contributed by atoms with E-state index in [1.54, 1.807) is 43.9 Å². The smallest absolute Gasteiger partial charge is 0.410 e. The average Bonchev–Trinajstić information content (AvgIpc) is 3.43. The van der Waals surface area contributed by atoms with E-state index in [1.165, 1.54) is 0 Å². The van der Waals surface area contributed by atoms with Crippen LogP contribution >= 0.6 is 0 Å². The minimum absolute atomic E-state index is 0.181. The number of hydrogen-bond donors (Lipinski definition) is 1. The second-order valence-corrected chi connectivity index (χ2v) is 12.0. The van der Waals surface area contributed by atoms with Gasteiger partial charge in [-0.2, -0.15) is 0 Å². The number of rotatable bonds is 5. The number of amides is 1. The van der Waals surface area contributed by atoms with E-state index >= 15 is 4.39 Å². The van der Waals surface area contributed by atoms with Crippen molar-refractivity contribution >= 4 is 16.1 Å². The number of nitrogens with one attached hydrogen (secondary N) is 1. The van der Waals surface area contributed by atoms with E-state index in [2.05, 4.69) is 4.72 Å². The van der Waals surface area contributed by atoms with Gasteiger partial charge in [0.2, 0.25) is 10.0 Å². The summed E-state index contributed by atoms with van der Waals surface area (Å²) in [6.07, 6.45) is 2.41. The molecule has 2 aromatic carbocycles. The number of ether oxygens (including phenoxy) is 1. The standard InChI is InChI=1S/C25H31FN2O4S/c1-24(2,3)32-23(29)28-16-25(13-14-25)22(27-33(4,30)31)20(28)15-18-11-8-12-19(21(18)26)17-9-6-5-7-10-17/h5-12,20,22,27H,13-16H2,1-4H3/t20-,22+/m0/s1. The quantitative estimate of drug-likeness (QED) is 0.699. The van der Waals surface area contributed by atoms with Crippen LogP contribution in [0.4, 0.5) is 9.18 Å². The van der Waals surface area contributed by atoms with Crippen LogP contribution < -0.4 is 4.72 Å². The summed E-state index contributed by atoms with van der Waals surface area (Å²) in [6.45, 7) is 5.76. The Hall–Kier alpha value is -2.45. The first-order valence-corrected chi connectivity index (χ1v) is 13.1. The third-order valence-corrected chi connectivity index (χ3v) is 7.07. The van der Waals surface area contributed by atoms with Gasteiger partial charge in [0.25, 0.3) is 0 Å². The van der Waals surface area contributed by atoms with E-state index < -0.39 is 33.8 Å². The lowest BCUT2D eigenvalue weighted by Crippen LogP contribution is -2.50. The van der Waals surface area contributed by atoms with E-state index in [4.69, 9.17) is 4.74 Å². The molecule has 178 valence electrons. The molecule has 33 heavy (non-hydrogen) atoms. The average molecular weight is 475 g/mol. The molecule has 1 saturated heterocycles. The van der Waals surface area contributed by atoms with Crippen molar-refractivity contribution in [1.29, 1.82) is 0 Å². The zero-order valence-corrected chi connectivity index (χ0v) is 20.3. The summed E-state index contributed by atoms with van der Waals surface area (Å²) >= 11 is 0. The third-order valence-electron chi connectivity index (χ3n) is 6.38. The summed E-state index contributed by atoms with van der Waals surface area (Å²) in [5.41, 5.74) is 0.644. The Morgan fingerprint density at radius 3 is 2.39 bits per heavy atom. The fraction of sp³-hybridized carbons (Fsp3) is 0.480. The molecule has 1 heterocycles. The third kappa shape index (κ3) is 5.22. The Balaban J connectivity index is 1.71. The van der Waals surface area contributed by atoms with Crippen LogP contribution in [0.3, 0.4) is 0 Å². The van der Waals surface area contributed by atoms with Crippen LogP contribution in [0.5, 0.6) is 0 Å². The molecular formula is C25H31FN2O4S. The SMILES string of the molecule is CC(C)(C)OC(=O)N1CC2(CC2)[C@H](NS(C)(=O)=O)[C@@H]1Cc1cccc(-c2ccccc2)c1F. The molecule has 0 aromatic heterocycles. The Kier molecular flexibility index (Phi) is 6.03. The summed E-state index contributed by atoms with van der Waals surface area (Å²) in [7, 11) is -3.53. The van der Waals surface area contributed by atoms with Gasteiger partial charge in [0.1, 0.15) is 11.4 Å². The lowest BCUT2D eigenvalue weighted by atomic mass is 9.91. The maximum atomic E-state index is 15.6. The Morgan fingerprint density at radius 2 is 1.82 bits per heavy atom. The highest BCUT2D eigenvalue weighted by molar-refractivity contribution is 7.88. The molecule has 4 rings (SSSR count). The highest BCUT2D eigenvalue weighted by Gasteiger charge is 2.61.